The van der Waals surface area contributed by atoms with E-state index in [0.29, 0.717) is 16.7 Å². The summed E-state index contributed by atoms with van der Waals surface area (Å²) in [5.41, 5.74) is 1.81. The maximum Gasteiger partial charge on any atom is 0.416 e. The quantitative estimate of drug-likeness (QED) is 0.726. The number of nitrogens with one attached hydrogen (secondary N) is 1. The van der Waals surface area contributed by atoms with Crippen LogP contribution >= 0.6 is 0 Å². The van der Waals surface area contributed by atoms with Gasteiger partial charge in [0.05, 0.1) is 5.56 Å². The van der Waals surface area contributed by atoms with E-state index in [-0.39, 0.29) is 12.5 Å². The number of benzene rings is 2. The number of carbonyl (C=O) groups excluding carboxylic acids is 1. The minimum absolute atomic E-state index is 0.156. The lowest BCUT2D eigenvalue weighted by molar-refractivity contribution is -0.137. The molecule has 6 heteroatoms. The van der Waals surface area contributed by atoms with Gasteiger partial charge in [0.1, 0.15) is 0 Å². The third-order valence-corrected chi connectivity index (χ3v) is 4.16. The van der Waals surface area contributed by atoms with E-state index in [2.05, 4.69) is 10.3 Å². The smallest absolute Gasteiger partial charge is 0.352 e. The van der Waals surface area contributed by atoms with Crippen LogP contribution in [0.5, 0.6) is 0 Å². The van der Waals surface area contributed by atoms with Crippen molar-refractivity contribution in [3.05, 3.63) is 65.5 Å². The predicted molar refractivity (Wildman–Crippen MR) is 94.4 cm³/mol. The lowest BCUT2D eigenvalue weighted by Gasteiger charge is -2.16. The molecule has 0 radical (unpaired) electrons. The molecule has 1 heterocycles. The number of aryl methyl sites for hydroxylation is 1. The highest BCUT2D eigenvalue weighted by molar-refractivity contribution is 5.97. The molecule has 1 amide bonds. The van der Waals surface area contributed by atoms with Crippen molar-refractivity contribution in [3.8, 4) is 11.1 Å². The molecule has 0 aliphatic rings. The first-order valence-electron chi connectivity index (χ1n) is 8.06. The van der Waals surface area contributed by atoms with Gasteiger partial charge in [-0.25, -0.2) is 0 Å². The number of rotatable bonds is 3. The Morgan fingerprint density at radius 2 is 1.88 bits per heavy atom. The topological polar surface area (TPSA) is 42.0 Å². The minimum Gasteiger partial charge on any atom is -0.352 e. The molecule has 1 N–H and O–H groups in total. The number of hydrogen-bond acceptors (Lipinski definition) is 2. The molecule has 0 saturated heterocycles. The molecular weight excluding hydrogens is 341 g/mol. The van der Waals surface area contributed by atoms with Crippen molar-refractivity contribution in [3.63, 3.8) is 0 Å². The lowest BCUT2D eigenvalue weighted by atomic mass is 9.93. The Morgan fingerprint density at radius 3 is 2.58 bits per heavy atom. The summed E-state index contributed by atoms with van der Waals surface area (Å²) in [6, 6.07) is 10.9. The molecule has 0 aliphatic carbocycles. The van der Waals surface area contributed by atoms with Crippen molar-refractivity contribution in [2.75, 3.05) is 0 Å². The first-order valence-corrected chi connectivity index (χ1v) is 8.06. The molecule has 0 atom stereocenters. The number of aromatic nitrogens is 1. The molecule has 1 aromatic heterocycles. The molecule has 26 heavy (non-hydrogen) atoms. The summed E-state index contributed by atoms with van der Waals surface area (Å²) in [6.07, 6.45) is -2.74. The second kappa shape index (κ2) is 6.78. The number of alkyl halides is 3. The van der Waals surface area contributed by atoms with Gasteiger partial charge in [0.2, 0.25) is 5.91 Å². The molecule has 2 aromatic carbocycles. The predicted octanol–water partition coefficient (Wildman–Crippen LogP) is 4.87. The van der Waals surface area contributed by atoms with Crippen LogP contribution in [-0.2, 0) is 17.5 Å². The Balaban J connectivity index is 2.24. The highest BCUT2D eigenvalue weighted by Gasteiger charge is 2.31. The second-order valence-electron chi connectivity index (χ2n) is 6.13. The third kappa shape index (κ3) is 3.69. The van der Waals surface area contributed by atoms with Crippen LogP contribution in [0.4, 0.5) is 13.2 Å². The van der Waals surface area contributed by atoms with Crippen molar-refractivity contribution in [1.82, 2.24) is 10.3 Å². The van der Waals surface area contributed by atoms with E-state index >= 15 is 0 Å². The number of nitrogens with zero attached hydrogens (tertiary/aromatic N) is 1. The molecule has 3 rings (SSSR count). The molecule has 0 spiro atoms. The van der Waals surface area contributed by atoms with Gasteiger partial charge in [0, 0.05) is 30.7 Å². The number of pyridine rings is 1. The summed E-state index contributed by atoms with van der Waals surface area (Å²) in [4.78, 5) is 15.5. The minimum atomic E-state index is -4.44. The largest absolute Gasteiger partial charge is 0.416 e. The van der Waals surface area contributed by atoms with Crippen LogP contribution in [0.3, 0.4) is 0 Å². The van der Waals surface area contributed by atoms with Crippen molar-refractivity contribution >= 4 is 16.7 Å². The Kier molecular flexibility index (Phi) is 4.68. The summed E-state index contributed by atoms with van der Waals surface area (Å²) in [5, 5.41) is 4.32. The fraction of sp³-hybridized carbons (Fsp3) is 0.200. The number of hydrogen-bond donors (Lipinski definition) is 1. The molecular formula is C20H17F3N2O. The van der Waals surface area contributed by atoms with Crippen LogP contribution < -0.4 is 5.32 Å². The molecule has 0 fully saturated rings. The van der Waals surface area contributed by atoms with E-state index in [0.717, 1.165) is 28.6 Å². The van der Waals surface area contributed by atoms with Crippen molar-refractivity contribution < 1.29 is 18.0 Å². The first kappa shape index (κ1) is 17.9. The maximum atomic E-state index is 13.2. The second-order valence-corrected chi connectivity index (χ2v) is 6.13. The van der Waals surface area contributed by atoms with Gasteiger partial charge >= 0.3 is 6.18 Å². The Bertz CT molecular complexity index is 980. The van der Waals surface area contributed by atoms with Crippen molar-refractivity contribution in [2.45, 2.75) is 26.6 Å². The summed E-state index contributed by atoms with van der Waals surface area (Å²) < 4.78 is 39.7. The SMILES string of the molecule is CC(=O)NCc1ccc(C(F)(F)F)cc1-c1cccc2cnc(C)cc12. The third-order valence-electron chi connectivity index (χ3n) is 4.16. The fourth-order valence-corrected chi connectivity index (χ4v) is 2.89. The zero-order chi connectivity index (χ0) is 18.9. The van der Waals surface area contributed by atoms with Gasteiger partial charge in [-0.05, 0) is 47.2 Å². The van der Waals surface area contributed by atoms with E-state index in [1.54, 1.807) is 18.3 Å². The Labute approximate surface area is 148 Å². The lowest BCUT2D eigenvalue weighted by Crippen LogP contribution is -2.19. The average Bonchev–Trinajstić information content (AvgIpc) is 2.58. The van der Waals surface area contributed by atoms with E-state index < -0.39 is 11.7 Å². The van der Waals surface area contributed by atoms with Crippen LogP contribution in [0.25, 0.3) is 21.9 Å². The molecule has 3 nitrogen and oxygen atoms in total. The fourth-order valence-electron chi connectivity index (χ4n) is 2.89. The summed E-state index contributed by atoms with van der Waals surface area (Å²) in [6.45, 7) is 3.36. The molecule has 0 unspecified atom stereocenters. The number of fused-ring (bicyclic) bond motifs is 1. The molecule has 0 bridgehead atoms. The maximum absolute atomic E-state index is 13.2. The average molecular weight is 358 g/mol. The highest BCUT2D eigenvalue weighted by Crippen LogP contribution is 2.36. The van der Waals surface area contributed by atoms with Crippen LogP contribution in [-0.4, -0.2) is 10.9 Å². The van der Waals surface area contributed by atoms with Gasteiger partial charge in [-0.1, -0.05) is 24.3 Å². The summed E-state index contributed by atoms with van der Waals surface area (Å²) in [5.74, 6) is -0.242. The number of carbonyl (C=O) groups is 1. The van der Waals surface area contributed by atoms with E-state index in [4.69, 9.17) is 0 Å². The van der Waals surface area contributed by atoms with Gasteiger partial charge < -0.3 is 5.32 Å². The monoisotopic (exact) mass is 358 g/mol. The molecule has 0 saturated carbocycles. The Morgan fingerprint density at radius 1 is 1.12 bits per heavy atom. The molecule has 3 aromatic rings. The van der Waals surface area contributed by atoms with Crippen LogP contribution in [0.1, 0.15) is 23.7 Å². The van der Waals surface area contributed by atoms with Gasteiger partial charge in [-0.3, -0.25) is 9.78 Å². The van der Waals surface area contributed by atoms with Crippen LogP contribution in [0, 0.1) is 6.92 Å². The van der Waals surface area contributed by atoms with Crippen molar-refractivity contribution in [1.29, 1.82) is 0 Å². The van der Waals surface area contributed by atoms with Crippen LogP contribution in [0.2, 0.25) is 0 Å². The van der Waals surface area contributed by atoms with Crippen molar-refractivity contribution in [2.24, 2.45) is 0 Å². The van der Waals surface area contributed by atoms with Gasteiger partial charge in [0.25, 0.3) is 0 Å². The number of amides is 1. The molecule has 0 aliphatic heterocycles. The van der Waals surface area contributed by atoms with Crippen LogP contribution in [0.15, 0.2) is 48.7 Å². The highest BCUT2D eigenvalue weighted by atomic mass is 19.4. The Hall–Kier alpha value is -2.89. The molecule has 134 valence electrons. The zero-order valence-electron chi connectivity index (χ0n) is 14.3. The van der Waals surface area contributed by atoms with E-state index in [1.807, 2.05) is 19.1 Å². The van der Waals surface area contributed by atoms with Gasteiger partial charge in [0.15, 0.2) is 0 Å². The summed E-state index contributed by atoms with van der Waals surface area (Å²) in [7, 11) is 0. The standard InChI is InChI=1S/C20H17F3N2O/c1-12-8-18-14(10-24-12)4-3-5-17(18)19-9-16(20(21,22)23)7-6-15(19)11-25-13(2)26/h3-10H,11H2,1-2H3,(H,25,26). The van der Waals surface area contributed by atoms with Gasteiger partial charge in [-0.15, -0.1) is 0 Å². The zero-order valence-corrected chi connectivity index (χ0v) is 14.3. The van der Waals surface area contributed by atoms with Gasteiger partial charge in [-0.2, -0.15) is 13.2 Å². The number of halogens is 3. The first-order chi connectivity index (χ1) is 12.3. The normalized spacial score (nSPS) is 11.6. The van der Waals surface area contributed by atoms with E-state index in [1.165, 1.54) is 13.0 Å². The summed E-state index contributed by atoms with van der Waals surface area (Å²) >= 11 is 0. The van der Waals surface area contributed by atoms with E-state index in [9.17, 15) is 18.0 Å².